The highest BCUT2D eigenvalue weighted by molar-refractivity contribution is 6.34. The number of hydrogen-bond donors (Lipinski definition) is 0. The summed E-state index contributed by atoms with van der Waals surface area (Å²) in [6.45, 7) is 1.22. The number of benzene rings is 1. The van der Waals surface area contributed by atoms with Gasteiger partial charge in [0, 0.05) is 10.8 Å². The largest absolute Gasteiger partial charge is 0.468 e. The van der Waals surface area contributed by atoms with Crippen LogP contribution >= 0.6 is 11.6 Å². The molecule has 2 aromatic rings. The van der Waals surface area contributed by atoms with Gasteiger partial charge in [0.2, 0.25) is 5.88 Å². The van der Waals surface area contributed by atoms with Crippen molar-refractivity contribution in [2.45, 2.75) is 6.10 Å². The van der Waals surface area contributed by atoms with Crippen LogP contribution in [-0.4, -0.2) is 29.5 Å². The highest BCUT2D eigenvalue weighted by atomic mass is 35.5. The maximum Gasteiger partial charge on any atom is 0.241 e. The number of hydrogen-bond acceptors (Lipinski definition) is 4. The molecule has 1 aliphatic rings. The second-order valence-electron chi connectivity index (χ2n) is 3.62. The van der Waals surface area contributed by atoms with Gasteiger partial charge in [0.05, 0.1) is 13.2 Å². The molecular formula is C11H9ClN2O2. The molecule has 1 fully saturated rings. The number of aromatic nitrogens is 2. The van der Waals surface area contributed by atoms with Crippen molar-refractivity contribution in [1.82, 2.24) is 10.2 Å². The number of nitrogens with zero attached hydrogens (tertiary/aromatic N) is 2. The van der Waals surface area contributed by atoms with Crippen molar-refractivity contribution in [2.24, 2.45) is 0 Å². The van der Waals surface area contributed by atoms with Crippen LogP contribution in [0.25, 0.3) is 10.8 Å². The third kappa shape index (κ3) is 1.60. The van der Waals surface area contributed by atoms with E-state index in [1.54, 1.807) is 0 Å². The molecule has 0 radical (unpaired) electrons. The smallest absolute Gasteiger partial charge is 0.241 e. The van der Waals surface area contributed by atoms with Gasteiger partial charge >= 0.3 is 0 Å². The van der Waals surface area contributed by atoms with Crippen LogP contribution < -0.4 is 4.74 Å². The Morgan fingerprint density at radius 2 is 1.94 bits per heavy atom. The lowest BCUT2D eigenvalue weighted by molar-refractivity contribution is -0.0809. The van der Waals surface area contributed by atoms with Crippen LogP contribution in [0.4, 0.5) is 0 Å². The molecule has 1 aromatic carbocycles. The van der Waals surface area contributed by atoms with Crippen molar-refractivity contribution < 1.29 is 9.47 Å². The first kappa shape index (κ1) is 9.81. The average molecular weight is 237 g/mol. The zero-order valence-electron chi connectivity index (χ0n) is 8.39. The van der Waals surface area contributed by atoms with E-state index >= 15 is 0 Å². The van der Waals surface area contributed by atoms with E-state index in [1.165, 1.54) is 0 Å². The van der Waals surface area contributed by atoms with Gasteiger partial charge < -0.3 is 9.47 Å². The Labute approximate surface area is 97.1 Å². The Bertz CT molecular complexity index is 528. The first-order chi connectivity index (χ1) is 7.84. The van der Waals surface area contributed by atoms with E-state index in [4.69, 9.17) is 21.1 Å². The third-order valence-corrected chi connectivity index (χ3v) is 2.77. The fourth-order valence-corrected chi connectivity index (χ4v) is 1.78. The van der Waals surface area contributed by atoms with E-state index in [9.17, 15) is 0 Å². The predicted octanol–water partition coefficient (Wildman–Crippen LogP) is 2.06. The van der Waals surface area contributed by atoms with Crippen molar-refractivity contribution in [3.05, 3.63) is 29.4 Å². The normalized spacial score (nSPS) is 16.1. The number of fused-ring (bicyclic) bond motifs is 1. The molecule has 0 N–H and O–H groups in total. The van der Waals surface area contributed by atoms with Crippen LogP contribution in [-0.2, 0) is 4.74 Å². The topological polar surface area (TPSA) is 44.2 Å². The van der Waals surface area contributed by atoms with Gasteiger partial charge in [-0.05, 0) is 6.07 Å². The van der Waals surface area contributed by atoms with Gasteiger partial charge in [0.1, 0.15) is 6.10 Å². The SMILES string of the molecule is Clc1nnc(OC2COC2)c2ccccc12. The summed E-state index contributed by atoms with van der Waals surface area (Å²) in [5, 5.41) is 9.97. The van der Waals surface area contributed by atoms with E-state index in [-0.39, 0.29) is 6.10 Å². The standard InChI is InChI=1S/C11H9ClN2O2/c12-10-8-3-1-2-4-9(8)11(14-13-10)16-7-5-15-6-7/h1-4,7H,5-6H2. The average Bonchev–Trinajstić information content (AvgIpc) is 2.26. The minimum atomic E-state index is 0.0823. The van der Waals surface area contributed by atoms with E-state index in [1.807, 2.05) is 24.3 Å². The summed E-state index contributed by atoms with van der Waals surface area (Å²) in [6.07, 6.45) is 0.0823. The molecule has 0 aliphatic carbocycles. The summed E-state index contributed by atoms with van der Waals surface area (Å²) < 4.78 is 10.7. The lowest BCUT2D eigenvalue weighted by atomic mass is 10.2. The quantitative estimate of drug-likeness (QED) is 0.801. The van der Waals surface area contributed by atoms with Crippen molar-refractivity contribution in [3.63, 3.8) is 0 Å². The summed E-state index contributed by atoms with van der Waals surface area (Å²) in [4.78, 5) is 0. The molecule has 2 heterocycles. The summed E-state index contributed by atoms with van der Waals surface area (Å²) in [5.74, 6) is 0.522. The predicted molar refractivity (Wildman–Crippen MR) is 59.8 cm³/mol. The van der Waals surface area contributed by atoms with Gasteiger partial charge in [0.15, 0.2) is 5.15 Å². The van der Waals surface area contributed by atoms with Crippen LogP contribution in [0.15, 0.2) is 24.3 Å². The molecule has 0 bridgehead atoms. The third-order valence-electron chi connectivity index (χ3n) is 2.49. The minimum absolute atomic E-state index is 0.0823. The summed E-state index contributed by atoms with van der Waals surface area (Å²) in [6, 6.07) is 7.65. The second kappa shape index (κ2) is 3.88. The van der Waals surface area contributed by atoms with E-state index in [0.29, 0.717) is 24.2 Å². The molecule has 1 aliphatic heterocycles. The van der Waals surface area contributed by atoms with Gasteiger partial charge in [0.25, 0.3) is 0 Å². The summed E-state index contributed by atoms with van der Waals surface area (Å²) >= 11 is 5.96. The van der Waals surface area contributed by atoms with Gasteiger partial charge in [-0.15, -0.1) is 10.2 Å². The van der Waals surface area contributed by atoms with Crippen LogP contribution in [0.2, 0.25) is 5.15 Å². The van der Waals surface area contributed by atoms with Gasteiger partial charge in [-0.3, -0.25) is 0 Å². The van der Waals surface area contributed by atoms with Crippen molar-refractivity contribution in [2.75, 3.05) is 13.2 Å². The summed E-state index contributed by atoms with van der Waals surface area (Å²) in [5.41, 5.74) is 0. The zero-order chi connectivity index (χ0) is 11.0. The Morgan fingerprint density at radius 3 is 2.62 bits per heavy atom. The molecule has 0 unspecified atom stereocenters. The Balaban J connectivity index is 2.06. The number of ether oxygens (including phenoxy) is 2. The maximum absolute atomic E-state index is 5.96. The molecule has 0 spiro atoms. The van der Waals surface area contributed by atoms with Crippen molar-refractivity contribution >= 4 is 22.4 Å². The number of rotatable bonds is 2. The van der Waals surface area contributed by atoms with E-state index in [2.05, 4.69) is 10.2 Å². The summed E-state index contributed by atoms with van der Waals surface area (Å²) in [7, 11) is 0. The molecule has 82 valence electrons. The highest BCUT2D eigenvalue weighted by Crippen LogP contribution is 2.28. The lowest BCUT2D eigenvalue weighted by Crippen LogP contribution is -2.38. The Morgan fingerprint density at radius 1 is 1.19 bits per heavy atom. The fourth-order valence-electron chi connectivity index (χ4n) is 1.57. The Kier molecular flexibility index (Phi) is 2.38. The maximum atomic E-state index is 5.96. The molecule has 16 heavy (non-hydrogen) atoms. The van der Waals surface area contributed by atoms with Crippen LogP contribution in [0.5, 0.6) is 5.88 Å². The zero-order valence-corrected chi connectivity index (χ0v) is 9.15. The van der Waals surface area contributed by atoms with E-state index in [0.717, 1.165) is 10.8 Å². The van der Waals surface area contributed by atoms with E-state index < -0.39 is 0 Å². The molecule has 0 atom stereocenters. The molecule has 1 aromatic heterocycles. The highest BCUT2D eigenvalue weighted by Gasteiger charge is 2.22. The molecule has 0 saturated carbocycles. The number of halogens is 1. The minimum Gasteiger partial charge on any atom is -0.468 e. The Hall–Kier alpha value is -1.39. The monoisotopic (exact) mass is 236 g/mol. The van der Waals surface area contributed by atoms with Gasteiger partial charge in [-0.1, -0.05) is 29.8 Å². The first-order valence-corrected chi connectivity index (χ1v) is 5.38. The fraction of sp³-hybridized carbons (Fsp3) is 0.273. The molecule has 1 saturated heterocycles. The molecule has 3 rings (SSSR count). The molecule has 5 heteroatoms. The second-order valence-corrected chi connectivity index (χ2v) is 3.98. The van der Waals surface area contributed by atoms with Gasteiger partial charge in [-0.25, -0.2) is 0 Å². The van der Waals surface area contributed by atoms with Crippen molar-refractivity contribution in [3.8, 4) is 5.88 Å². The van der Waals surface area contributed by atoms with Gasteiger partial charge in [-0.2, -0.15) is 0 Å². The molecular weight excluding hydrogens is 228 g/mol. The van der Waals surface area contributed by atoms with Crippen molar-refractivity contribution in [1.29, 1.82) is 0 Å². The first-order valence-electron chi connectivity index (χ1n) is 5.00. The lowest BCUT2D eigenvalue weighted by Gasteiger charge is -2.26. The van der Waals surface area contributed by atoms with Crippen LogP contribution in [0, 0.1) is 0 Å². The molecule has 0 amide bonds. The van der Waals surface area contributed by atoms with Crippen LogP contribution in [0.1, 0.15) is 0 Å². The molecule has 4 nitrogen and oxygen atoms in total. The van der Waals surface area contributed by atoms with Crippen LogP contribution in [0.3, 0.4) is 0 Å².